The van der Waals surface area contributed by atoms with E-state index in [4.69, 9.17) is 16.3 Å². The van der Waals surface area contributed by atoms with Crippen LogP contribution in [0, 0.1) is 0 Å². The molecular formula is C15H17BrClNOS. The number of rotatable bonds is 6. The Bertz CT molecular complexity index is 536. The van der Waals surface area contributed by atoms with Gasteiger partial charge in [-0.05, 0) is 59.6 Å². The van der Waals surface area contributed by atoms with Crippen molar-refractivity contribution in [3.05, 3.63) is 49.6 Å². The third kappa shape index (κ3) is 3.98. The summed E-state index contributed by atoms with van der Waals surface area (Å²) in [5.41, 5.74) is 1.31. The highest BCUT2D eigenvalue weighted by Crippen LogP contribution is 2.36. The van der Waals surface area contributed by atoms with E-state index in [0.29, 0.717) is 6.04 Å². The Balaban J connectivity index is 1.99. The minimum Gasteiger partial charge on any atom is -0.497 e. The van der Waals surface area contributed by atoms with E-state index < -0.39 is 0 Å². The van der Waals surface area contributed by atoms with Gasteiger partial charge in [-0.2, -0.15) is 0 Å². The molecule has 0 amide bonds. The second-order valence-electron chi connectivity index (χ2n) is 4.50. The summed E-state index contributed by atoms with van der Waals surface area (Å²) in [6, 6.07) is 10.6. The molecule has 108 valence electrons. The van der Waals surface area contributed by atoms with Crippen molar-refractivity contribution in [2.24, 2.45) is 0 Å². The second kappa shape index (κ2) is 7.46. The molecule has 2 rings (SSSR count). The number of methoxy groups -OCH3 is 1. The van der Waals surface area contributed by atoms with Crippen LogP contribution in [0.15, 0.2) is 34.1 Å². The zero-order chi connectivity index (χ0) is 14.5. The predicted molar refractivity (Wildman–Crippen MR) is 90.1 cm³/mol. The molecule has 0 aliphatic carbocycles. The van der Waals surface area contributed by atoms with Crippen LogP contribution in [0.3, 0.4) is 0 Å². The number of aryl methyl sites for hydroxylation is 1. The summed E-state index contributed by atoms with van der Waals surface area (Å²) in [6.45, 7) is 0. The molecule has 5 heteroatoms. The van der Waals surface area contributed by atoms with E-state index in [1.807, 2.05) is 25.2 Å². The van der Waals surface area contributed by atoms with E-state index >= 15 is 0 Å². The van der Waals surface area contributed by atoms with Crippen LogP contribution in [-0.2, 0) is 6.42 Å². The van der Waals surface area contributed by atoms with Crippen molar-refractivity contribution in [2.45, 2.75) is 18.9 Å². The summed E-state index contributed by atoms with van der Waals surface area (Å²) in [5.74, 6) is 0.896. The number of nitrogens with one attached hydrogen (secondary N) is 1. The maximum absolute atomic E-state index is 6.10. The molecule has 1 unspecified atom stereocenters. The highest BCUT2D eigenvalue weighted by atomic mass is 79.9. The van der Waals surface area contributed by atoms with E-state index in [0.717, 1.165) is 27.4 Å². The molecule has 0 saturated heterocycles. The van der Waals surface area contributed by atoms with Gasteiger partial charge in [0, 0.05) is 10.9 Å². The van der Waals surface area contributed by atoms with E-state index in [1.54, 1.807) is 18.4 Å². The molecule has 0 fully saturated rings. The lowest BCUT2D eigenvalue weighted by atomic mass is 10.0. The van der Waals surface area contributed by atoms with Gasteiger partial charge in [0.25, 0.3) is 0 Å². The van der Waals surface area contributed by atoms with Gasteiger partial charge in [0.2, 0.25) is 0 Å². The third-order valence-electron chi connectivity index (χ3n) is 3.24. The summed E-state index contributed by atoms with van der Waals surface area (Å²) in [7, 11) is 3.67. The number of halogens is 2. The van der Waals surface area contributed by atoms with Crippen LogP contribution in [0.2, 0.25) is 5.02 Å². The normalized spacial score (nSPS) is 12.4. The van der Waals surface area contributed by atoms with Crippen molar-refractivity contribution in [3.8, 4) is 5.75 Å². The lowest BCUT2D eigenvalue weighted by Crippen LogP contribution is -2.15. The first-order valence-electron chi connectivity index (χ1n) is 6.39. The first-order chi connectivity index (χ1) is 9.63. The largest absolute Gasteiger partial charge is 0.497 e. The van der Waals surface area contributed by atoms with Crippen LogP contribution in [0.5, 0.6) is 5.75 Å². The van der Waals surface area contributed by atoms with Crippen LogP contribution in [0.4, 0.5) is 0 Å². The number of benzene rings is 1. The van der Waals surface area contributed by atoms with Crippen molar-refractivity contribution in [2.75, 3.05) is 14.2 Å². The van der Waals surface area contributed by atoms with Crippen molar-refractivity contribution in [1.82, 2.24) is 5.32 Å². The van der Waals surface area contributed by atoms with Gasteiger partial charge in [0.15, 0.2) is 0 Å². The van der Waals surface area contributed by atoms with Crippen molar-refractivity contribution < 1.29 is 4.74 Å². The van der Waals surface area contributed by atoms with E-state index in [-0.39, 0.29) is 0 Å². The van der Waals surface area contributed by atoms with Crippen LogP contribution in [-0.4, -0.2) is 14.2 Å². The van der Waals surface area contributed by atoms with Crippen LogP contribution >= 0.6 is 38.9 Å². The zero-order valence-electron chi connectivity index (χ0n) is 11.5. The van der Waals surface area contributed by atoms with Crippen molar-refractivity contribution in [3.63, 3.8) is 0 Å². The molecule has 0 saturated carbocycles. The fourth-order valence-corrected chi connectivity index (χ4v) is 3.96. The molecule has 2 nitrogen and oxygen atoms in total. The minimum atomic E-state index is 0.325. The molecule has 1 N–H and O–H groups in total. The average molecular weight is 375 g/mol. The Morgan fingerprint density at radius 3 is 2.55 bits per heavy atom. The minimum absolute atomic E-state index is 0.325. The Labute approximate surface area is 137 Å². The lowest BCUT2D eigenvalue weighted by Gasteiger charge is -2.14. The summed E-state index contributed by atoms with van der Waals surface area (Å²) in [6.07, 6.45) is 2.05. The highest BCUT2D eigenvalue weighted by molar-refractivity contribution is 9.11. The van der Waals surface area contributed by atoms with Crippen LogP contribution in [0.25, 0.3) is 0 Å². The van der Waals surface area contributed by atoms with Gasteiger partial charge in [-0.25, -0.2) is 0 Å². The lowest BCUT2D eigenvalue weighted by molar-refractivity contribution is 0.414. The topological polar surface area (TPSA) is 21.3 Å². The molecule has 1 atom stereocenters. The molecule has 20 heavy (non-hydrogen) atoms. The fourth-order valence-electron chi connectivity index (χ4n) is 2.07. The molecule has 1 heterocycles. The number of thiophene rings is 1. The summed E-state index contributed by atoms with van der Waals surface area (Å²) in [4.78, 5) is 1.26. The van der Waals surface area contributed by atoms with Gasteiger partial charge in [0.05, 0.1) is 15.9 Å². The molecule has 0 radical (unpaired) electrons. The molecule has 0 bridgehead atoms. The van der Waals surface area contributed by atoms with Crippen LogP contribution < -0.4 is 10.1 Å². The van der Waals surface area contributed by atoms with Crippen molar-refractivity contribution in [1.29, 1.82) is 0 Å². The molecular weight excluding hydrogens is 358 g/mol. The maximum atomic E-state index is 6.10. The quantitative estimate of drug-likeness (QED) is 0.762. The summed E-state index contributed by atoms with van der Waals surface area (Å²) >= 11 is 11.3. The maximum Gasteiger partial charge on any atom is 0.118 e. The summed E-state index contributed by atoms with van der Waals surface area (Å²) in [5, 5.41) is 4.14. The molecule has 0 aliphatic rings. The zero-order valence-corrected chi connectivity index (χ0v) is 14.6. The van der Waals surface area contributed by atoms with Gasteiger partial charge in [-0.3, -0.25) is 0 Å². The number of ether oxygens (including phenoxy) is 1. The Kier molecular flexibility index (Phi) is 5.90. The van der Waals surface area contributed by atoms with E-state index in [1.165, 1.54) is 10.4 Å². The van der Waals surface area contributed by atoms with Gasteiger partial charge >= 0.3 is 0 Å². The monoisotopic (exact) mass is 373 g/mol. The van der Waals surface area contributed by atoms with E-state index in [9.17, 15) is 0 Å². The second-order valence-corrected chi connectivity index (χ2v) is 7.31. The number of hydrogen-bond donors (Lipinski definition) is 1. The Morgan fingerprint density at radius 2 is 2.05 bits per heavy atom. The standard InChI is InChI=1S/C15H17BrClNOS/c1-18-13(14-9-12(17)15(16)20-14)8-5-10-3-6-11(19-2)7-4-10/h3-4,6-7,9,13,18H,5,8H2,1-2H3. The van der Waals surface area contributed by atoms with Gasteiger partial charge in [-0.15, -0.1) is 11.3 Å². The molecule has 0 aliphatic heterocycles. The van der Waals surface area contributed by atoms with Gasteiger partial charge < -0.3 is 10.1 Å². The molecule has 1 aromatic heterocycles. The van der Waals surface area contributed by atoms with E-state index in [2.05, 4.69) is 33.4 Å². The third-order valence-corrected chi connectivity index (χ3v) is 5.83. The Hall–Kier alpha value is -0.550. The first kappa shape index (κ1) is 15.8. The Morgan fingerprint density at radius 1 is 1.35 bits per heavy atom. The molecule has 0 spiro atoms. The first-order valence-corrected chi connectivity index (χ1v) is 8.37. The number of hydrogen-bond acceptors (Lipinski definition) is 3. The van der Waals surface area contributed by atoms with Gasteiger partial charge in [-0.1, -0.05) is 23.7 Å². The van der Waals surface area contributed by atoms with Crippen LogP contribution in [0.1, 0.15) is 22.9 Å². The highest BCUT2D eigenvalue weighted by Gasteiger charge is 2.14. The van der Waals surface area contributed by atoms with Crippen molar-refractivity contribution >= 4 is 38.9 Å². The fraction of sp³-hybridized carbons (Fsp3) is 0.333. The SMILES string of the molecule is CNC(CCc1ccc(OC)cc1)c1cc(Cl)c(Br)s1. The average Bonchev–Trinajstić information content (AvgIpc) is 2.80. The smallest absolute Gasteiger partial charge is 0.118 e. The summed E-state index contributed by atoms with van der Waals surface area (Å²) < 4.78 is 6.17. The predicted octanol–water partition coefficient (Wildman–Crippen LogP) is 5.07. The molecule has 1 aromatic carbocycles. The van der Waals surface area contributed by atoms with Gasteiger partial charge in [0.1, 0.15) is 5.75 Å². The molecule has 2 aromatic rings.